The van der Waals surface area contributed by atoms with Crippen LogP contribution in [0.2, 0.25) is 5.02 Å². The number of anilines is 1. The maximum atomic E-state index is 12.8. The van der Waals surface area contributed by atoms with E-state index in [0.29, 0.717) is 22.7 Å². The molecule has 3 rings (SSSR count). The number of hydrogen-bond donors (Lipinski definition) is 2. The summed E-state index contributed by atoms with van der Waals surface area (Å²) >= 11 is 5.87. The molecule has 0 spiro atoms. The molecule has 0 fully saturated rings. The maximum absolute atomic E-state index is 12.8. The van der Waals surface area contributed by atoms with Crippen LogP contribution in [0.3, 0.4) is 0 Å². The molecule has 0 aliphatic carbocycles. The second-order valence-corrected chi connectivity index (χ2v) is 8.49. The molecule has 27 heavy (non-hydrogen) atoms. The van der Waals surface area contributed by atoms with Gasteiger partial charge in [0.1, 0.15) is 11.9 Å². The molecule has 0 saturated carbocycles. The fraction of sp³-hybridized carbons (Fsp3) is 0.263. The normalized spacial score (nSPS) is 18.4. The van der Waals surface area contributed by atoms with Crippen molar-refractivity contribution in [3.8, 4) is 0 Å². The summed E-state index contributed by atoms with van der Waals surface area (Å²) in [6.45, 7) is 3.87. The van der Waals surface area contributed by atoms with E-state index in [1.807, 2.05) is 13.8 Å². The zero-order chi connectivity index (χ0) is 19.6. The number of carbonyl (C=O) groups excluding carboxylic acids is 1. The van der Waals surface area contributed by atoms with Gasteiger partial charge in [0.2, 0.25) is 5.91 Å². The predicted octanol–water partition coefficient (Wildman–Crippen LogP) is 3.43. The van der Waals surface area contributed by atoms with Crippen molar-refractivity contribution in [3.63, 3.8) is 0 Å². The highest BCUT2D eigenvalue weighted by atomic mass is 35.5. The molecule has 0 bridgehead atoms. The van der Waals surface area contributed by atoms with E-state index in [1.165, 1.54) is 6.07 Å². The van der Waals surface area contributed by atoms with Gasteiger partial charge in [0, 0.05) is 16.3 Å². The number of sulfonamides is 1. The Kier molecular flexibility index (Phi) is 5.53. The Bertz CT molecular complexity index is 988. The van der Waals surface area contributed by atoms with Crippen molar-refractivity contribution >= 4 is 39.1 Å². The minimum Gasteiger partial charge on any atom is -0.324 e. The first-order valence-corrected chi connectivity index (χ1v) is 10.4. The lowest BCUT2D eigenvalue weighted by atomic mass is 9.98. The van der Waals surface area contributed by atoms with Crippen LogP contribution in [-0.2, 0) is 14.8 Å². The summed E-state index contributed by atoms with van der Waals surface area (Å²) < 4.78 is 27.0. The van der Waals surface area contributed by atoms with Gasteiger partial charge in [-0.25, -0.2) is 8.42 Å². The van der Waals surface area contributed by atoms with Gasteiger partial charge >= 0.3 is 0 Å². The summed E-state index contributed by atoms with van der Waals surface area (Å²) in [7, 11) is -3.65. The van der Waals surface area contributed by atoms with Crippen LogP contribution in [0, 0.1) is 5.92 Å². The second-order valence-electron chi connectivity index (χ2n) is 6.41. The Balaban J connectivity index is 1.93. The van der Waals surface area contributed by atoms with Gasteiger partial charge in [0.05, 0.1) is 4.90 Å². The maximum Gasteiger partial charge on any atom is 0.263 e. The molecule has 2 atom stereocenters. The summed E-state index contributed by atoms with van der Waals surface area (Å²) in [6.07, 6.45) is 0.712. The molecule has 8 heteroatoms. The highest BCUT2D eigenvalue weighted by molar-refractivity contribution is 7.90. The first kappa shape index (κ1) is 19.4. The van der Waals surface area contributed by atoms with Crippen LogP contribution in [0.15, 0.2) is 58.4 Å². The largest absolute Gasteiger partial charge is 0.324 e. The fourth-order valence-electron chi connectivity index (χ4n) is 2.79. The SMILES string of the molecule is CC[C@H](C)[C@H](N=C1NS(=O)(=O)c2ccccc21)C(=O)Nc1ccc(Cl)cc1. The molecule has 0 saturated heterocycles. The standard InChI is InChI=1S/C19H20ClN3O3S/c1-3-12(2)17(19(24)21-14-10-8-13(20)9-11-14)22-18-15-6-4-5-7-16(15)27(25,26)23-18/h4-12,17H,3H2,1-2H3,(H,21,24)(H,22,23)/t12-,17-/m0/s1. The van der Waals surface area contributed by atoms with Crippen LogP contribution in [-0.4, -0.2) is 26.2 Å². The first-order chi connectivity index (χ1) is 12.8. The van der Waals surface area contributed by atoms with Crippen molar-refractivity contribution in [3.05, 3.63) is 59.1 Å². The zero-order valence-electron chi connectivity index (χ0n) is 14.9. The van der Waals surface area contributed by atoms with E-state index in [4.69, 9.17) is 11.6 Å². The van der Waals surface area contributed by atoms with Gasteiger partial charge in [-0.3, -0.25) is 14.5 Å². The van der Waals surface area contributed by atoms with Crippen molar-refractivity contribution in [2.24, 2.45) is 10.9 Å². The van der Waals surface area contributed by atoms with Crippen molar-refractivity contribution in [2.45, 2.75) is 31.2 Å². The van der Waals surface area contributed by atoms with E-state index in [-0.39, 0.29) is 22.6 Å². The third-order valence-electron chi connectivity index (χ3n) is 4.49. The van der Waals surface area contributed by atoms with Gasteiger partial charge in [0.15, 0.2) is 0 Å². The van der Waals surface area contributed by atoms with Crippen LogP contribution < -0.4 is 10.0 Å². The Morgan fingerprint density at radius 2 is 1.85 bits per heavy atom. The monoisotopic (exact) mass is 405 g/mol. The summed E-state index contributed by atoms with van der Waals surface area (Å²) in [6, 6.07) is 12.6. The van der Waals surface area contributed by atoms with Gasteiger partial charge in [0.25, 0.3) is 10.0 Å². The van der Waals surface area contributed by atoms with Gasteiger partial charge in [-0.2, -0.15) is 0 Å². The Morgan fingerprint density at radius 1 is 1.19 bits per heavy atom. The Hall–Kier alpha value is -2.38. The third kappa shape index (κ3) is 4.14. The van der Waals surface area contributed by atoms with E-state index in [0.717, 1.165) is 0 Å². The number of nitrogens with zero attached hydrogens (tertiary/aromatic N) is 1. The molecule has 1 aliphatic rings. The van der Waals surface area contributed by atoms with Crippen molar-refractivity contribution < 1.29 is 13.2 Å². The molecular formula is C19H20ClN3O3S. The van der Waals surface area contributed by atoms with Crippen LogP contribution >= 0.6 is 11.6 Å². The predicted molar refractivity (Wildman–Crippen MR) is 107 cm³/mol. The Labute approximate surface area is 163 Å². The van der Waals surface area contributed by atoms with Crippen molar-refractivity contribution in [1.82, 2.24) is 4.72 Å². The third-order valence-corrected chi connectivity index (χ3v) is 6.14. The molecule has 1 heterocycles. The van der Waals surface area contributed by atoms with E-state index < -0.39 is 16.1 Å². The number of amides is 1. The van der Waals surface area contributed by atoms with E-state index >= 15 is 0 Å². The molecule has 1 aliphatic heterocycles. The zero-order valence-corrected chi connectivity index (χ0v) is 16.5. The smallest absolute Gasteiger partial charge is 0.263 e. The molecule has 0 radical (unpaired) electrons. The lowest BCUT2D eigenvalue weighted by molar-refractivity contribution is -0.118. The average molecular weight is 406 g/mol. The van der Waals surface area contributed by atoms with E-state index in [2.05, 4.69) is 15.0 Å². The number of amidine groups is 1. The first-order valence-electron chi connectivity index (χ1n) is 8.58. The molecular weight excluding hydrogens is 386 g/mol. The van der Waals surface area contributed by atoms with Gasteiger partial charge in [-0.05, 0) is 42.3 Å². The number of benzene rings is 2. The summed E-state index contributed by atoms with van der Waals surface area (Å²) in [5.74, 6) is -0.188. The Morgan fingerprint density at radius 3 is 2.52 bits per heavy atom. The average Bonchev–Trinajstić information content (AvgIpc) is 2.91. The molecule has 2 aromatic rings. The van der Waals surface area contributed by atoms with Crippen molar-refractivity contribution in [1.29, 1.82) is 0 Å². The van der Waals surface area contributed by atoms with Crippen LogP contribution in [0.1, 0.15) is 25.8 Å². The molecule has 142 valence electrons. The summed E-state index contributed by atoms with van der Waals surface area (Å²) in [4.78, 5) is 17.5. The highest BCUT2D eigenvalue weighted by Crippen LogP contribution is 2.24. The second kappa shape index (κ2) is 7.70. The molecule has 2 N–H and O–H groups in total. The van der Waals surface area contributed by atoms with Crippen LogP contribution in [0.4, 0.5) is 5.69 Å². The van der Waals surface area contributed by atoms with Crippen molar-refractivity contribution in [2.75, 3.05) is 5.32 Å². The number of aliphatic imine (C=N–C) groups is 1. The number of halogens is 1. The molecule has 2 aromatic carbocycles. The van der Waals surface area contributed by atoms with E-state index in [1.54, 1.807) is 42.5 Å². The van der Waals surface area contributed by atoms with E-state index in [9.17, 15) is 13.2 Å². The lowest BCUT2D eigenvalue weighted by Crippen LogP contribution is -2.34. The van der Waals surface area contributed by atoms with Gasteiger partial charge in [-0.15, -0.1) is 0 Å². The molecule has 0 unspecified atom stereocenters. The molecule has 1 amide bonds. The lowest BCUT2D eigenvalue weighted by Gasteiger charge is -2.19. The number of nitrogens with one attached hydrogen (secondary N) is 2. The van der Waals surface area contributed by atoms with Crippen LogP contribution in [0.5, 0.6) is 0 Å². The quantitative estimate of drug-likeness (QED) is 0.798. The number of rotatable bonds is 5. The summed E-state index contributed by atoms with van der Waals surface area (Å²) in [5.41, 5.74) is 1.08. The molecule has 0 aromatic heterocycles. The molecule has 6 nitrogen and oxygen atoms in total. The minimum absolute atomic E-state index is 0.0814. The number of fused-ring (bicyclic) bond motifs is 1. The number of hydrogen-bond acceptors (Lipinski definition) is 4. The fourth-order valence-corrected chi connectivity index (χ4v) is 4.15. The minimum atomic E-state index is -3.65. The van der Waals surface area contributed by atoms with Crippen LogP contribution in [0.25, 0.3) is 0 Å². The van der Waals surface area contributed by atoms with Gasteiger partial charge < -0.3 is 5.32 Å². The topological polar surface area (TPSA) is 87.6 Å². The van der Waals surface area contributed by atoms with Gasteiger partial charge in [-0.1, -0.05) is 44.0 Å². The summed E-state index contributed by atoms with van der Waals surface area (Å²) in [5, 5.41) is 3.39. The number of carbonyl (C=O) groups is 1. The highest BCUT2D eigenvalue weighted by Gasteiger charge is 2.33.